The van der Waals surface area contributed by atoms with Crippen molar-refractivity contribution in [2.45, 2.75) is 38.3 Å². The van der Waals surface area contributed by atoms with E-state index < -0.39 is 29.4 Å². The number of carbonyl (C=O) groups excluding carboxylic acids is 1. The standard InChI is InChI=1S/C25H26F3N3O2/c1-15(18-5-4-6-19(23(18)26)24(27)28)30-22-9-11-29-21-8-7-17(13-20(21)22)25(33-3)10-12-31(14-25)16(2)32/h4-9,11,13,15,24H,10,12,14H2,1-3H3,(H,29,30)/t15-,25-/m1/s1. The van der Waals surface area contributed by atoms with Gasteiger partial charge in [-0.25, -0.2) is 13.2 Å². The summed E-state index contributed by atoms with van der Waals surface area (Å²) < 4.78 is 46.9. The fourth-order valence-electron chi connectivity index (χ4n) is 4.51. The average molecular weight is 457 g/mol. The first-order valence-electron chi connectivity index (χ1n) is 10.8. The molecule has 1 aromatic heterocycles. The fraction of sp³-hybridized carbons (Fsp3) is 0.360. The molecule has 2 aromatic carbocycles. The Balaban J connectivity index is 1.70. The first kappa shape index (κ1) is 23.0. The average Bonchev–Trinajstić information content (AvgIpc) is 3.25. The lowest BCUT2D eigenvalue weighted by molar-refractivity contribution is -0.129. The minimum absolute atomic E-state index is 0.000570. The summed E-state index contributed by atoms with van der Waals surface area (Å²) in [5.41, 5.74) is 1.26. The van der Waals surface area contributed by atoms with Crippen molar-refractivity contribution in [3.8, 4) is 0 Å². The van der Waals surface area contributed by atoms with Crippen molar-refractivity contribution >= 4 is 22.5 Å². The van der Waals surface area contributed by atoms with Gasteiger partial charge >= 0.3 is 0 Å². The predicted molar refractivity (Wildman–Crippen MR) is 121 cm³/mol. The molecule has 1 saturated heterocycles. The Hall–Kier alpha value is -3.13. The van der Waals surface area contributed by atoms with Crippen LogP contribution in [-0.4, -0.2) is 36.0 Å². The normalized spacial score (nSPS) is 19.3. The molecule has 1 aliphatic rings. The molecule has 1 amide bonds. The molecule has 174 valence electrons. The van der Waals surface area contributed by atoms with Gasteiger partial charge in [-0.1, -0.05) is 24.3 Å². The van der Waals surface area contributed by atoms with Crippen LogP contribution in [0.2, 0.25) is 0 Å². The number of halogens is 3. The maximum absolute atomic E-state index is 14.7. The largest absolute Gasteiger partial charge is 0.378 e. The first-order valence-corrected chi connectivity index (χ1v) is 10.8. The second kappa shape index (κ2) is 9.02. The number of aromatic nitrogens is 1. The summed E-state index contributed by atoms with van der Waals surface area (Å²) in [5, 5.41) is 4.05. The van der Waals surface area contributed by atoms with Crippen LogP contribution in [0.1, 0.15) is 49.4 Å². The second-order valence-electron chi connectivity index (χ2n) is 8.40. The molecule has 0 saturated carbocycles. The molecule has 0 unspecified atom stereocenters. The van der Waals surface area contributed by atoms with Gasteiger partial charge in [-0.15, -0.1) is 0 Å². The number of hydrogen-bond donors (Lipinski definition) is 1. The monoisotopic (exact) mass is 457 g/mol. The molecule has 8 heteroatoms. The van der Waals surface area contributed by atoms with Crippen molar-refractivity contribution in [1.29, 1.82) is 0 Å². The Kier molecular flexibility index (Phi) is 6.30. The number of carbonyl (C=O) groups is 1. The Morgan fingerprint density at radius 2 is 1.97 bits per heavy atom. The van der Waals surface area contributed by atoms with E-state index in [0.29, 0.717) is 25.2 Å². The summed E-state index contributed by atoms with van der Waals surface area (Å²) in [5.74, 6) is -0.902. The highest BCUT2D eigenvalue weighted by atomic mass is 19.3. The van der Waals surface area contributed by atoms with Gasteiger partial charge in [-0.3, -0.25) is 9.78 Å². The van der Waals surface area contributed by atoms with Crippen LogP contribution < -0.4 is 5.32 Å². The van der Waals surface area contributed by atoms with Crippen molar-refractivity contribution in [3.05, 3.63) is 71.2 Å². The summed E-state index contributed by atoms with van der Waals surface area (Å²) in [4.78, 5) is 18.0. The number of rotatable bonds is 6. The summed E-state index contributed by atoms with van der Waals surface area (Å²) in [6, 6.07) is 11.0. The number of nitrogens with one attached hydrogen (secondary N) is 1. The van der Waals surface area contributed by atoms with Crippen molar-refractivity contribution in [2.75, 3.05) is 25.5 Å². The zero-order valence-electron chi connectivity index (χ0n) is 18.7. The smallest absolute Gasteiger partial charge is 0.266 e. The molecule has 33 heavy (non-hydrogen) atoms. The van der Waals surface area contributed by atoms with E-state index in [4.69, 9.17) is 4.74 Å². The van der Waals surface area contributed by atoms with Crippen LogP contribution in [0.4, 0.5) is 18.9 Å². The molecule has 0 spiro atoms. The fourth-order valence-corrected chi connectivity index (χ4v) is 4.51. The van der Waals surface area contributed by atoms with Gasteiger partial charge in [0.15, 0.2) is 0 Å². The highest BCUT2D eigenvalue weighted by Crippen LogP contribution is 2.38. The van der Waals surface area contributed by atoms with Gasteiger partial charge in [0.1, 0.15) is 11.4 Å². The van der Waals surface area contributed by atoms with E-state index in [1.165, 1.54) is 12.1 Å². The summed E-state index contributed by atoms with van der Waals surface area (Å²) in [6.07, 6.45) is -0.574. The number of amides is 1. The maximum atomic E-state index is 14.7. The third kappa shape index (κ3) is 4.27. The van der Waals surface area contributed by atoms with E-state index in [1.807, 2.05) is 18.2 Å². The molecule has 0 radical (unpaired) electrons. The van der Waals surface area contributed by atoms with Crippen LogP contribution in [0.25, 0.3) is 10.9 Å². The number of alkyl halides is 2. The molecule has 3 aromatic rings. The van der Waals surface area contributed by atoms with Crippen molar-refractivity contribution in [1.82, 2.24) is 9.88 Å². The Morgan fingerprint density at radius 3 is 2.64 bits per heavy atom. The molecule has 4 rings (SSSR count). The minimum Gasteiger partial charge on any atom is -0.378 e. The topological polar surface area (TPSA) is 54.5 Å². The molecule has 2 heterocycles. The third-order valence-corrected chi connectivity index (χ3v) is 6.47. The number of likely N-dealkylation sites (tertiary alicyclic amines) is 1. The van der Waals surface area contributed by atoms with E-state index in [0.717, 1.165) is 22.5 Å². The van der Waals surface area contributed by atoms with Crippen LogP contribution in [0.3, 0.4) is 0 Å². The molecule has 0 aliphatic carbocycles. The highest BCUT2D eigenvalue weighted by Gasteiger charge is 2.41. The lowest BCUT2D eigenvalue weighted by Gasteiger charge is -2.29. The second-order valence-corrected chi connectivity index (χ2v) is 8.40. The van der Waals surface area contributed by atoms with Crippen molar-refractivity contribution in [2.24, 2.45) is 0 Å². The number of anilines is 1. The lowest BCUT2D eigenvalue weighted by Crippen LogP contribution is -2.34. The highest BCUT2D eigenvalue weighted by molar-refractivity contribution is 5.92. The molecule has 1 aliphatic heterocycles. The number of fused-ring (bicyclic) bond motifs is 1. The zero-order valence-corrected chi connectivity index (χ0v) is 18.7. The molecule has 0 bridgehead atoms. The SMILES string of the molecule is CO[C@]1(c2ccc3nccc(N[C@H](C)c4cccc(C(F)F)c4F)c3c2)CCN(C(C)=O)C1. The molecule has 2 atom stereocenters. The molecule has 1 N–H and O–H groups in total. The van der Waals surface area contributed by atoms with Crippen LogP contribution in [0, 0.1) is 5.82 Å². The Labute approximate surface area is 190 Å². The van der Waals surface area contributed by atoms with Crippen LogP contribution >= 0.6 is 0 Å². The van der Waals surface area contributed by atoms with Gasteiger partial charge in [-0.05, 0) is 37.1 Å². The van der Waals surface area contributed by atoms with Gasteiger partial charge in [0.25, 0.3) is 6.43 Å². The van der Waals surface area contributed by atoms with E-state index in [9.17, 15) is 18.0 Å². The number of methoxy groups -OCH3 is 1. The van der Waals surface area contributed by atoms with E-state index in [-0.39, 0.29) is 11.5 Å². The van der Waals surface area contributed by atoms with Crippen molar-refractivity contribution in [3.63, 3.8) is 0 Å². The van der Waals surface area contributed by atoms with Gasteiger partial charge in [0.2, 0.25) is 5.91 Å². The minimum atomic E-state index is -2.88. The first-order chi connectivity index (χ1) is 15.8. The van der Waals surface area contributed by atoms with Gasteiger partial charge in [0, 0.05) is 43.4 Å². The third-order valence-electron chi connectivity index (χ3n) is 6.47. The number of benzene rings is 2. The molecule has 5 nitrogen and oxygen atoms in total. The quantitative estimate of drug-likeness (QED) is 0.525. The summed E-state index contributed by atoms with van der Waals surface area (Å²) >= 11 is 0. The van der Waals surface area contributed by atoms with E-state index >= 15 is 0 Å². The van der Waals surface area contributed by atoms with Crippen LogP contribution in [-0.2, 0) is 15.1 Å². The Bertz CT molecular complexity index is 1190. The van der Waals surface area contributed by atoms with E-state index in [1.54, 1.807) is 38.1 Å². The molecule has 1 fully saturated rings. The molecular weight excluding hydrogens is 431 g/mol. The zero-order chi connectivity index (χ0) is 23.8. The number of ether oxygens (including phenoxy) is 1. The van der Waals surface area contributed by atoms with Crippen molar-refractivity contribution < 1.29 is 22.7 Å². The predicted octanol–water partition coefficient (Wildman–Crippen LogP) is 5.58. The summed E-state index contributed by atoms with van der Waals surface area (Å²) in [6.45, 7) is 4.33. The number of hydrogen-bond acceptors (Lipinski definition) is 4. The van der Waals surface area contributed by atoms with Crippen LogP contribution in [0.15, 0.2) is 48.7 Å². The number of pyridine rings is 1. The van der Waals surface area contributed by atoms with Gasteiger partial charge < -0.3 is 15.0 Å². The van der Waals surface area contributed by atoms with Crippen LogP contribution in [0.5, 0.6) is 0 Å². The van der Waals surface area contributed by atoms with Gasteiger partial charge in [0.05, 0.1) is 23.7 Å². The molecular formula is C25H26F3N3O2. The van der Waals surface area contributed by atoms with E-state index in [2.05, 4.69) is 10.3 Å². The number of nitrogens with zero attached hydrogens (tertiary/aromatic N) is 2. The van der Waals surface area contributed by atoms with Gasteiger partial charge in [-0.2, -0.15) is 0 Å². The summed E-state index contributed by atoms with van der Waals surface area (Å²) in [7, 11) is 1.64. The lowest BCUT2D eigenvalue weighted by atomic mass is 9.91. The maximum Gasteiger partial charge on any atom is 0.266 e. The Morgan fingerprint density at radius 1 is 1.21 bits per heavy atom.